The van der Waals surface area contributed by atoms with Crippen molar-refractivity contribution in [1.29, 1.82) is 10.5 Å². The first kappa shape index (κ1) is 20.2. The maximum absolute atomic E-state index is 9.15. The largest absolute Gasteiger partial charge is 0.345 e. The van der Waals surface area contributed by atoms with Crippen molar-refractivity contribution in [3.8, 4) is 12.1 Å². The van der Waals surface area contributed by atoms with Gasteiger partial charge in [0.25, 0.3) is 0 Å². The van der Waals surface area contributed by atoms with Crippen LogP contribution in [0.1, 0.15) is 108 Å². The van der Waals surface area contributed by atoms with Gasteiger partial charge >= 0.3 is 0 Å². The number of nitrogens with one attached hydrogen (secondary N) is 1. The lowest BCUT2D eigenvalue weighted by atomic mass is 10.0. The van der Waals surface area contributed by atoms with Gasteiger partial charge in [-0.25, -0.2) is 4.98 Å². The van der Waals surface area contributed by atoms with Gasteiger partial charge in [0.2, 0.25) is 0 Å². The fraction of sp³-hybridized carbons (Fsp3) is 0.750. The van der Waals surface area contributed by atoms with E-state index in [1.54, 1.807) is 0 Å². The summed E-state index contributed by atoms with van der Waals surface area (Å²) in [5.74, 6) is 0.399. The number of unbranched alkanes of at least 4 members (excludes halogenated alkanes) is 8. The summed E-state index contributed by atoms with van der Waals surface area (Å²) in [6.07, 6.45) is 12.6. The highest BCUT2D eigenvalue weighted by Crippen LogP contribution is 2.24. The van der Waals surface area contributed by atoms with Crippen LogP contribution in [0.15, 0.2) is 0 Å². The lowest BCUT2D eigenvalue weighted by Gasteiger charge is -2.04. The molecule has 0 amide bonds. The Kier molecular flexibility index (Phi) is 9.85. The van der Waals surface area contributed by atoms with Crippen LogP contribution >= 0.6 is 0 Å². The van der Waals surface area contributed by atoms with Crippen LogP contribution in [0.3, 0.4) is 0 Å². The van der Waals surface area contributed by atoms with E-state index in [2.05, 4.69) is 29.0 Å². The van der Waals surface area contributed by atoms with Crippen LogP contribution in [0.4, 0.5) is 0 Å². The Morgan fingerprint density at radius 1 is 0.875 bits per heavy atom. The van der Waals surface area contributed by atoms with Crippen molar-refractivity contribution in [3.63, 3.8) is 0 Å². The van der Waals surface area contributed by atoms with E-state index in [1.807, 2.05) is 13.8 Å². The van der Waals surface area contributed by atoms with Crippen molar-refractivity contribution < 1.29 is 0 Å². The molecule has 1 aromatic heterocycles. The molecule has 0 saturated heterocycles. The first-order valence-corrected chi connectivity index (χ1v) is 9.51. The molecular weight excluding hydrogens is 296 g/mol. The van der Waals surface area contributed by atoms with Crippen molar-refractivity contribution in [2.24, 2.45) is 0 Å². The number of hydrogen-bond donors (Lipinski definition) is 1. The van der Waals surface area contributed by atoms with E-state index >= 15 is 0 Å². The molecule has 0 bridgehead atoms. The summed E-state index contributed by atoms with van der Waals surface area (Å²) in [5, 5.41) is 18.3. The molecule has 1 heterocycles. The highest BCUT2D eigenvalue weighted by molar-refractivity contribution is 5.29. The topological polar surface area (TPSA) is 76.3 Å². The third-order valence-corrected chi connectivity index (χ3v) is 4.56. The molecule has 0 aromatic carbocycles. The summed E-state index contributed by atoms with van der Waals surface area (Å²) in [6, 6.07) is 4.47. The van der Waals surface area contributed by atoms with Crippen molar-refractivity contribution in [2.75, 3.05) is 0 Å². The fourth-order valence-corrected chi connectivity index (χ4v) is 2.96. The van der Waals surface area contributed by atoms with E-state index in [0.29, 0.717) is 0 Å². The molecule has 2 unspecified atom stereocenters. The van der Waals surface area contributed by atoms with Crippen molar-refractivity contribution in [2.45, 2.75) is 96.8 Å². The lowest BCUT2D eigenvalue weighted by molar-refractivity contribution is 0.562. The maximum Gasteiger partial charge on any atom is 0.106 e. The monoisotopic (exact) mass is 328 g/mol. The Hall–Kier alpha value is -1.81. The van der Waals surface area contributed by atoms with Gasteiger partial charge < -0.3 is 4.98 Å². The number of aryl methyl sites for hydroxylation is 1. The molecule has 0 fully saturated rings. The average Bonchev–Trinajstić information content (AvgIpc) is 3.03. The quantitative estimate of drug-likeness (QED) is 0.497. The van der Waals surface area contributed by atoms with Gasteiger partial charge in [0, 0.05) is 6.42 Å². The Bertz CT molecular complexity index is 509. The van der Waals surface area contributed by atoms with Crippen LogP contribution < -0.4 is 0 Å². The normalized spacial score (nSPS) is 13.2. The van der Waals surface area contributed by atoms with Crippen molar-refractivity contribution in [1.82, 2.24) is 9.97 Å². The van der Waals surface area contributed by atoms with E-state index in [4.69, 9.17) is 10.5 Å². The number of nitriles is 2. The van der Waals surface area contributed by atoms with Gasteiger partial charge in [-0.15, -0.1) is 0 Å². The van der Waals surface area contributed by atoms with Gasteiger partial charge in [-0.2, -0.15) is 10.5 Å². The smallest absolute Gasteiger partial charge is 0.106 e. The summed E-state index contributed by atoms with van der Waals surface area (Å²) in [4.78, 5) is 7.88. The number of H-pyrrole nitrogens is 1. The molecule has 0 radical (unpaired) electrons. The predicted molar refractivity (Wildman–Crippen MR) is 97.6 cm³/mol. The molecule has 1 rings (SSSR count). The Morgan fingerprint density at radius 2 is 1.42 bits per heavy atom. The van der Waals surface area contributed by atoms with E-state index < -0.39 is 0 Å². The third-order valence-electron chi connectivity index (χ3n) is 4.56. The molecule has 1 aromatic rings. The first-order valence-electron chi connectivity index (χ1n) is 9.51. The lowest BCUT2D eigenvalue weighted by Crippen LogP contribution is -1.99. The number of aromatic nitrogens is 2. The second-order valence-corrected chi connectivity index (χ2v) is 6.76. The van der Waals surface area contributed by atoms with Gasteiger partial charge in [-0.3, -0.25) is 0 Å². The molecule has 24 heavy (non-hydrogen) atoms. The van der Waals surface area contributed by atoms with Crippen molar-refractivity contribution >= 4 is 0 Å². The van der Waals surface area contributed by atoms with Gasteiger partial charge in [0.1, 0.15) is 5.82 Å². The number of imidazole rings is 1. The third kappa shape index (κ3) is 6.75. The van der Waals surface area contributed by atoms with Crippen LogP contribution in [0.2, 0.25) is 0 Å². The number of rotatable bonds is 12. The maximum atomic E-state index is 9.15. The molecule has 4 heteroatoms. The SMILES string of the molecule is CCCCCCCCCCCc1nc(C(C)C#N)c(C(C)C#N)[nH]1. The highest BCUT2D eigenvalue weighted by Gasteiger charge is 2.20. The molecule has 0 aliphatic rings. The number of aromatic amines is 1. The summed E-state index contributed by atoms with van der Waals surface area (Å²) >= 11 is 0. The molecule has 4 nitrogen and oxygen atoms in total. The Labute approximate surface area is 147 Å². The van der Waals surface area contributed by atoms with Crippen molar-refractivity contribution in [3.05, 3.63) is 17.2 Å². The zero-order valence-electron chi connectivity index (χ0n) is 15.6. The minimum atomic E-state index is -0.274. The second-order valence-electron chi connectivity index (χ2n) is 6.76. The highest BCUT2D eigenvalue weighted by atomic mass is 14.9. The zero-order valence-corrected chi connectivity index (χ0v) is 15.6. The molecule has 132 valence electrons. The van der Waals surface area contributed by atoms with Gasteiger partial charge in [0.05, 0.1) is 35.4 Å². The van der Waals surface area contributed by atoms with Crippen LogP contribution in [-0.4, -0.2) is 9.97 Å². The van der Waals surface area contributed by atoms with Gasteiger partial charge in [-0.1, -0.05) is 58.3 Å². The number of nitrogens with zero attached hydrogens (tertiary/aromatic N) is 3. The Morgan fingerprint density at radius 3 is 1.96 bits per heavy atom. The summed E-state index contributed by atoms with van der Waals surface area (Å²) < 4.78 is 0. The van der Waals surface area contributed by atoms with E-state index in [-0.39, 0.29) is 11.8 Å². The Balaban J connectivity index is 2.37. The predicted octanol–water partition coefficient (Wildman–Crippen LogP) is 5.74. The molecular formula is C20H32N4. The molecule has 0 aliphatic heterocycles. The van der Waals surface area contributed by atoms with Gasteiger partial charge in [0.15, 0.2) is 0 Å². The summed E-state index contributed by atoms with van der Waals surface area (Å²) in [7, 11) is 0. The molecule has 0 aliphatic carbocycles. The van der Waals surface area contributed by atoms with E-state index in [1.165, 1.54) is 51.4 Å². The average molecular weight is 329 g/mol. The first-order chi connectivity index (χ1) is 11.6. The zero-order chi connectivity index (χ0) is 17.8. The number of hydrogen-bond acceptors (Lipinski definition) is 3. The summed E-state index contributed by atoms with van der Waals surface area (Å²) in [5.41, 5.74) is 1.56. The fourth-order valence-electron chi connectivity index (χ4n) is 2.96. The minimum absolute atomic E-state index is 0.250. The summed E-state index contributed by atoms with van der Waals surface area (Å²) in [6.45, 7) is 5.94. The van der Waals surface area contributed by atoms with Crippen LogP contribution in [0.5, 0.6) is 0 Å². The van der Waals surface area contributed by atoms with Crippen LogP contribution in [-0.2, 0) is 6.42 Å². The molecule has 0 spiro atoms. The van der Waals surface area contributed by atoms with E-state index in [9.17, 15) is 0 Å². The van der Waals surface area contributed by atoms with Gasteiger partial charge in [-0.05, 0) is 20.3 Å². The minimum Gasteiger partial charge on any atom is -0.345 e. The molecule has 0 saturated carbocycles. The molecule has 1 N–H and O–H groups in total. The van der Waals surface area contributed by atoms with Crippen LogP contribution in [0.25, 0.3) is 0 Å². The molecule has 2 atom stereocenters. The standard InChI is InChI=1S/C20H32N4/c1-4-5-6-7-8-9-10-11-12-13-18-23-19(16(2)14-21)20(24-18)17(3)15-22/h16-17H,4-13H2,1-3H3,(H,23,24). The van der Waals surface area contributed by atoms with Crippen LogP contribution in [0, 0.1) is 22.7 Å². The van der Waals surface area contributed by atoms with E-state index in [0.717, 1.165) is 30.1 Å². The second kappa shape index (κ2) is 11.7.